The summed E-state index contributed by atoms with van der Waals surface area (Å²) in [5.74, 6) is 0.707. The maximum atomic E-state index is 4.40. The van der Waals surface area contributed by atoms with E-state index in [1.807, 2.05) is 6.20 Å². The molecule has 1 fully saturated rings. The minimum absolute atomic E-state index is 0.371. The van der Waals surface area contributed by atoms with Gasteiger partial charge in [-0.1, -0.05) is 36.7 Å². The number of hydrogen-bond acceptors (Lipinski definition) is 4. The van der Waals surface area contributed by atoms with E-state index in [2.05, 4.69) is 56.9 Å². The first kappa shape index (κ1) is 15.3. The Bertz CT molecular complexity index is 367. The first-order valence-corrected chi connectivity index (χ1v) is 8.93. The summed E-state index contributed by atoms with van der Waals surface area (Å²) in [6, 6.07) is 0. The zero-order chi connectivity index (χ0) is 13.9. The number of nitrogens with zero attached hydrogens (tertiary/aromatic N) is 3. The number of piperazine rings is 1. The van der Waals surface area contributed by atoms with Gasteiger partial charge in [-0.3, -0.25) is 4.90 Å². The predicted octanol–water partition coefficient (Wildman–Crippen LogP) is 3.32. The Balaban J connectivity index is 1.83. The van der Waals surface area contributed by atoms with Crippen molar-refractivity contribution in [2.75, 3.05) is 43.0 Å². The largest absolute Gasteiger partial charge is 0.346 e. The molecule has 0 aromatic carbocycles. The lowest BCUT2D eigenvalue weighted by molar-refractivity contribution is 0.159. The Hall–Kier alpha value is -0.130. The molecule has 2 heterocycles. The third-order valence-electron chi connectivity index (χ3n) is 3.95. The fourth-order valence-electron chi connectivity index (χ4n) is 2.36. The molecule has 2 rings (SSSR count). The van der Waals surface area contributed by atoms with Crippen molar-refractivity contribution in [3.05, 3.63) is 11.6 Å². The molecule has 1 aliphatic rings. The van der Waals surface area contributed by atoms with Crippen LogP contribution in [-0.2, 0) is 0 Å². The van der Waals surface area contributed by atoms with E-state index in [9.17, 15) is 0 Å². The summed E-state index contributed by atoms with van der Waals surface area (Å²) in [7, 11) is 0. The molecule has 0 amide bonds. The minimum Gasteiger partial charge on any atom is -0.346 e. The van der Waals surface area contributed by atoms with Crippen molar-refractivity contribution in [3.63, 3.8) is 0 Å². The lowest BCUT2D eigenvalue weighted by atomic mass is 9.81. The van der Waals surface area contributed by atoms with Gasteiger partial charge in [0.25, 0.3) is 0 Å². The molecule has 1 unspecified atom stereocenters. The molecule has 5 heteroatoms. The molecule has 0 radical (unpaired) electrons. The molecule has 1 aromatic heterocycles. The van der Waals surface area contributed by atoms with Crippen LogP contribution >= 0.6 is 27.3 Å². The van der Waals surface area contributed by atoms with Gasteiger partial charge in [0.15, 0.2) is 5.13 Å². The molecule has 3 nitrogen and oxygen atoms in total. The van der Waals surface area contributed by atoms with Crippen LogP contribution in [0.25, 0.3) is 0 Å². The van der Waals surface area contributed by atoms with Gasteiger partial charge in [-0.2, -0.15) is 0 Å². The molecular weight excluding hydrogens is 322 g/mol. The summed E-state index contributed by atoms with van der Waals surface area (Å²) in [5.41, 5.74) is 0.371. The highest BCUT2D eigenvalue weighted by atomic mass is 79.9. The molecule has 1 atom stereocenters. The average Bonchev–Trinajstić information content (AvgIpc) is 2.89. The van der Waals surface area contributed by atoms with Gasteiger partial charge >= 0.3 is 0 Å². The molecule has 0 saturated carbocycles. The van der Waals surface area contributed by atoms with Crippen LogP contribution in [0.1, 0.15) is 20.8 Å². The standard InChI is InChI=1S/C14H24BrN3S/c1-14(2,3)12(10-15)11-17-5-7-18(8-6-17)13-16-4-9-19-13/h4,9,12H,5-8,10-11H2,1-3H3. The minimum atomic E-state index is 0.371. The van der Waals surface area contributed by atoms with Crippen molar-refractivity contribution in [1.82, 2.24) is 9.88 Å². The maximum absolute atomic E-state index is 4.40. The van der Waals surface area contributed by atoms with Gasteiger partial charge in [0.1, 0.15) is 0 Å². The quantitative estimate of drug-likeness (QED) is 0.780. The molecule has 1 saturated heterocycles. The average molecular weight is 346 g/mol. The zero-order valence-electron chi connectivity index (χ0n) is 12.1. The van der Waals surface area contributed by atoms with Gasteiger partial charge in [-0.25, -0.2) is 4.98 Å². The highest BCUT2D eigenvalue weighted by Gasteiger charge is 2.27. The Morgan fingerprint density at radius 1 is 1.32 bits per heavy atom. The van der Waals surface area contributed by atoms with Crippen molar-refractivity contribution in [2.24, 2.45) is 11.3 Å². The second-order valence-corrected chi connectivity index (χ2v) is 7.84. The van der Waals surface area contributed by atoms with E-state index in [1.54, 1.807) is 11.3 Å². The zero-order valence-corrected chi connectivity index (χ0v) is 14.5. The normalized spacial score (nSPS) is 19.7. The van der Waals surface area contributed by atoms with Gasteiger partial charge in [0, 0.05) is 49.6 Å². The van der Waals surface area contributed by atoms with Crippen molar-refractivity contribution in [2.45, 2.75) is 20.8 Å². The topological polar surface area (TPSA) is 19.4 Å². The Morgan fingerprint density at radius 3 is 2.47 bits per heavy atom. The maximum Gasteiger partial charge on any atom is 0.185 e. The smallest absolute Gasteiger partial charge is 0.185 e. The number of thiazole rings is 1. The van der Waals surface area contributed by atoms with Crippen molar-refractivity contribution < 1.29 is 0 Å². The van der Waals surface area contributed by atoms with E-state index < -0.39 is 0 Å². The van der Waals surface area contributed by atoms with Gasteiger partial charge in [0.05, 0.1) is 0 Å². The summed E-state index contributed by atoms with van der Waals surface area (Å²) in [6.07, 6.45) is 1.90. The SMILES string of the molecule is CC(C)(C)C(CBr)CN1CCN(c2nccs2)CC1. The first-order valence-electron chi connectivity index (χ1n) is 6.93. The third kappa shape index (κ3) is 4.17. The summed E-state index contributed by atoms with van der Waals surface area (Å²) in [4.78, 5) is 9.40. The van der Waals surface area contributed by atoms with E-state index in [1.165, 1.54) is 11.7 Å². The Labute approximate surface area is 129 Å². The van der Waals surface area contributed by atoms with E-state index in [0.717, 1.165) is 31.5 Å². The van der Waals surface area contributed by atoms with Crippen LogP contribution in [0.2, 0.25) is 0 Å². The first-order chi connectivity index (χ1) is 9.00. The molecule has 0 spiro atoms. The molecule has 0 N–H and O–H groups in total. The summed E-state index contributed by atoms with van der Waals surface area (Å²) in [5, 5.41) is 4.32. The summed E-state index contributed by atoms with van der Waals surface area (Å²) in [6.45, 7) is 12.7. The van der Waals surface area contributed by atoms with Gasteiger partial charge < -0.3 is 4.90 Å². The molecule has 1 aliphatic heterocycles. The predicted molar refractivity (Wildman–Crippen MR) is 87.5 cm³/mol. The number of aromatic nitrogens is 1. The third-order valence-corrected chi connectivity index (χ3v) is 5.57. The van der Waals surface area contributed by atoms with Crippen molar-refractivity contribution >= 4 is 32.4 Å². The highest BCUT2D eigenvalue weighted by molar-refractivity contribution is 9.09. The fourth-order valence-corrected chi connectivity index (χ4v) is 4.23. The van der Waals surface area contributed by atoms with E-state index in [0.29, 0.717) is 11.3 Å². The van der Waals surface area contributed by atoms with Crippen molar-refractivity contribution in [3.8, 4) is 0 Å². The molecular formula is C14H24BrN3S. The van der Waals surface area contributed by atoms with E-state index in [4.69, 9.17) is 0 Å². The Kier molecular flexibility index (Phi) is 5.26. The number of alkyl halides is 1. The molecule has 1 aromatic rings. The van der Waals surface area contributed by atoms with Gasteiger partial charge in [-0.15, -0.1) is 11.3 Å². The van der Waals surface area contributed by atoms with Crippen LogP contribution in [0.3, 0.4) is 0 Å². The van der Waals surface area contributed by atoms with Gasteiger partial charge in [-0.05, 0) is 11.3 Å². The number of anilines is 1. The molecule has 0 aliphatic carbocycles. The number of halogens is 1. The van der Waals surface area contributed by atoms with Gasteiger partial charge in [0.2, 0.25) is 0 Å². The molecule has 0 bridgehead atoms. The van der Waals surface area contributed by atoms with E-state index >= 15 is 0 Å². The van der Waals surface area contributed by atoms with E-state index in [-0.39, 0.29) is 0 Å². The summed E-state index contributed by atoms with van der Waals surface area (Å²) >= 11 is 5.42. The van der Waals surface area contributed by atoms with Crippen molar-refractivity contribution in [1.29, 1.82) is 0 Å². The van der Waals surface area contributed by atoms with Crippen LogP contribution in [0.5, 0.6) is 0 Å². The monoisotopic (exact) mass is 345 g/mol. The van der Waals surface area contributed by atoms with Crippen LogP contribution < -0.4 is 4.90 Å². The summed E-state index contributed by atoms with van der Waals surface area (Å²) < 4.78 is 0. The van der Waals surface area contributed by atoms with Crippen LogP contribution in [-0.4, -0.2) is 47.9 Å². The van der Waals surface area contributed by atoms with Crippen LogP contribution in [0.4, 0.5) is 5.13 Å². The highest BCUT2D eigenvalue weighted by Crippen LogP contribution is 2.29. The van der Waals surface area contributed by atoms with Crippen LogP contribution in [0.15, 0.2) is 11.6 Å². The second-order valence-electron chi connectivity index (χ2n) is 6.32. The molecule has 108 valence electrons. The van der Waals surface area contributed by atoms with Crippen LogP contribution in [0, 0.1) is 11.3 Å². The fraction of sp³-hybridized carbons (Fsp3) is 0.786. The second kappa shape index (κ2) is 6.55. The molecule has 19 heavy (non-hydrogen) atoms. The lowest BCUT2D eigenvalue weighted by Gasteiger charge is -2.39. The lowest BCUT2D eigenvalue weighted by Crippen LogP contribution is -2.49. The Morgan fingerprint density at radius 2 is 2.00 bits per heavy atom. The number of hydrogen-bond donors (Lipinski definition) is 0. The number of rotatable bonds is 4.